The zero-order chi connectivity index (χ0) is 19.3. The van der Waals surface area contributed by atoms with Gasteiger partial charge in [0.05, 0.1) is 22.0 Å². The largest absolute Gasteiger partial charge is 0.369 e. The van der Waals surface area contributed by atoms with Gasteiger partial charge in [0.25, 0.3) is 5.56 Å². The first-order chi connectivity index (χ1) is 13.5. The molecule has 1 N–H and O–H groups in total. The molecule has 1 fully saturated rings. The molecule has 5 rings (SSSR count). The molecule has 2 aromatic heterocycles. The Kier molecular flexibility index (Phi) is 3.91. The predicted octanol–water partition coefficient (Wildman–Crippen LogP) is 2.86. The van der Waals surface area contributed by atoms with Gasteiger partial charge in [-0.05, 0) is 38.6 Å². The minimum absolute atomic E-state index is 0.0168. The van der Waals surface area contributed by atoms with Gasteiger partial charge in [-0.2, -0.15) is 0 Å². The van der Waals surface area contributed by atoms with Gasteiger partial charge in [-0.3, -0.25) is 14.9 Å². The monoisotopic (exact) mass is 375 g/mol. The van der Waals surface area contributed by atoms with Gasteiger partial charge in [-0.25, -0.2) is 4.68 Å². The fraction of sp³-hybridized carbons (Fsp3) is 0.364. The highest BCUT2D eigenvalue weighted by molar-refractivity contribution is 6.04. The number of anilines is 1. The highest BCUT2D eigenvalue weighted by Gasteiger charge is 2.27. The van der Waals surface area contributed by atoms with Gasteiger partial charge in [0.1, 0.15) is 0 Å². The summed E-state index contributed by atoms with van der Waals surface area (Å²) in [5, 5.41) is 5.06. The first-order valence-electron chi connectivity index (χ1n) is 9.87. The molecule has 28 heavy (non-hydrogen) atoms. The SMILES string of the molecule is CN1CCN(c2ccc3ncc4c(=O)n(C5(C)C=CC=CC5)[nH]c4c3c2)CC1. The number of hydrogen-bond acceptors (Lipinski definition) is 4. The topological polar surface area (TPSA) is 57.2 Å². The zero-order valence-electron chi connectivity index (χ0n) is 16.4. The fourth-order valence-electron chi connectivity index (χ4n) is 4.25. The van der Waals surface area contributed by atoms with E-state index in [0.29, 0.717) is 5.39 Å². The Hall–Kier alpha value is -2.86. The Morgan fingerprint density at radius 2 is 1.93 bits per heavy atom. The van der Waals surface area contributed by atoms with Gasteiger partial charge in [0, 0.05) is 43.4 Å². The number of H-pyrrole nitrogens is 1. The number of allylic oxidation sites excluding steroid dienone is 4. The van der Waals surface area contributed by atoms with E-state index in [-0.39, 0.29) is 11.1 Å². The Balaban J connectivity index is 1.65. The average molecular weight is 375 g/mol. The summed E-state index contributed by atoms with van der Waals surface area (Å²) in [4.78, 5) is 22.4. The van der Waals surface area contributed by atoms with E-state index < -0.39 is 0 Å². The molecule has 0 saturated carbocycles. The average Bonchev–Trinajstić information content (AvgIpc) is 3.07. The number of piperazine rings is 1. The van der Waals surface area contributed by atoms with Crippen molar-refractivity contribution in [2.24, 2.45) is 0 Å². The van der Waals surface area contributed by atoms with Crippen LogP contribution in [0.1, 0.15) is 13.3 Å². The van der Waals surface area contributed by atoms with Crippen molar-refractivity contribution in [1.82, 2.24) is 19.7 Å². The van der Waals surface area contributed by atoms with Crippen LogP contribution in [0.15, 0.2) is 53.5 Å². The molecular weight excluding hydrogens is 350 g/mol. The number of hydrogen-bond donors (Lipinski definition) is 1. The number of aromatic amines is 1. The molecule has 3 heterocycles. The molecule has 0 spiro atoms. The summed E-state index contributed by atoms with van der Waals surface area (Å²) >= 11 is 0. The van der Waals surface area contributed by atoms with Crippen molar-refractivity contribution >= 4 is 27.5 Å². The lowest BCUT2D eigenvalue weighted by Gasteiger charge is -2.34. The molecule has 1 atom stereocenters. The van der Waals surface area contributed by atoms with E-state index in [1.54, 1.807) is 10.9 Å². The lowest BCUT2D eigenvalue weighted by molar-refractivity contribution is 0.313. The van der Waals surface area contributed by atoms with Crippen LogP contribution in [0.4, 0.5) is 5.69 Å². The molecule has 0 amide bonds. The molecule has 0 radical (unpaired) electrons. The van der Waals surface area contributed by atoms with E-state index in [1.807, 2.05) is 12.2 Å². The van der Waals surface area contributed by atoms with Crippen molar-refractivity contribution in [3.8, 4) is 0 Å². The number of nitrogens with one attached hydrogen (secondary N) is 1. The van der Waals surface area contributed by atoms with Crippen LogP contribution in [0.3, 0.4) is 0 Å². The van der Waals surface area contributed by atoms with Crippen LogP contribution in [-0.4, -0.2) is 52.9 Å². The van der Waals surface area contributed by atoms with Crippen LogP contribution in [0, 0.1) is 0 Å². The normalized spacial score (nSPS) is 23.1. The van der Waals surface area contributed by atoms with Crippen molar-refractivity contribution < 1.29 is 0 Å². The second-order valence-electron chi connectivity index (χ2n) is 8.14. The molecule has 144 valence electrons. The third kappa shape index (κ3) is 2.67. The lowest BCUT2D eigenvalue weighted by atomic mass is 9.94. The summed E-state index contributed by atoms with van der Waals surface area (Å²) in [6.07, 6.45) is 10.7. The van der Waals surface area contributed by atoms with E-state index >= 15 is 0 Å². The molecule has 6 heteroatoms. The summed E-state index contributed by atoms with van der Waals surface area (Å²) < 4.78 is 1.75. The number of aromatic nitrogens is 3. The lowest BCUT2D eigenvalue weighted by Crippen LogP contribution is -2.44. The highest BCUT2D eigenvalue weighted by Crippen LogP contribution is 2.29. The van der Waals surface area contributed by atoms with Crippen molar-refractivity contribution in [3.63, 3.8) is 0 Å². The number of pyridine rings is 1. The first-order valence-corrected chi connectivity index (χ1v) is 9.87. The van der Waals surface area contributed by atoms with Crippen molar-refractivity contribution in [1.29, 1.82) is 0 Å². The van der Waals surface area contributed by atoms with E-state index in [4.69, 9.17) is 0 Å². The predicted molar refractivity (Wildman–Crippen MR) is 114 cm³/mol. The number of likely N-dealkylation sites (N-methyl/N-ethyl adjacent to an activating group) is 1. The van der Waals surface area contributed by atoms with Crippen LogP contribution in [-0.2, 0) is 5.54 Å². The highest BCUT2D eigenvalue weighted by atomic mass is 16.1. The molecule has 3 aromatic rings. The molecule has 1 saturated heterocycles. The number of fused-ring (bicyclic) bond motifs is 3. The summed E-state index contributed by atoms with van der Waals surface area (Å²) in [7, 11) is 2.16. The second-order valence-corrected chi connectivity index (χ2v) is 8.14. The minimum atomic E-state index is -0.383. The third-order valence-electron chi connectivity index (χ3n) is 6.12. The maximum Gasteiger partial charge on any atom is 0.276 e. The van der Waals surface area contributed by atoms with E-state index in [1.165, 1.54) is 5.69 Å². The molecule has 1 aliphatic carbocycles. The van der Waals surface area contributed by atoms with Gasteiger partial charge in [-0.1, -0.05) is 24.3 Å². The smallest absolute Gasteiger partial charge is 0.276 e. The minimum Gasteiger partial charge on any atom is -0.369 e. The Morgan fingerprint density at radius 3 is 2.68 bits per heavy atom. The molecule has 0 bridgehead atoms. The molecule has 1 unspecified atom stereocenters. The first kappa shape index (κ1) is 17.3. The summed E-state index contributed by atoms with van der Waals surface area (Å²) in [5.74, 6) is 0. The maximum atomic E-state index is 13.1. The zero-order valence-corrected chi connectivity index (χ0v) is 16.4. The van der Waals surface area contributed by atoms with Crippen LogP contribution in [0.5, 0.6) is 0 Å². The number of benzene rings is 1. The van der Waals surface area contributed by atoms with E-state index in [0.717, 1.165) is 49.0 Å². The molecule has 1 aromatic carbocycles. The van der Waals surface area contributed by atoms with Crippen molar-refractivity contribution in [3.05, 3.63) is 59.1 Å². The third-order valence-corrected chi connectivity index (χ3v) is 6.12. The molecular formula is C22H25N5O. The summed E-state index contributed by atoms with van der Waals surface area (Å²) in [5.41, 5.74) is 2.57. The van der Waals surface area contributed by atoms with Crippen LogP contribution in [0.2, 0.25) is 0 Å². The standard InChI is InChI=1S/C22H25N5O/c1-22(8-4-3-5-9-22)27-21(28)18-15-23-19-7-6-16(14-17(19)20(18)24-27)26-12-10-25(2)11-13-26/h3-8,14-15,24H,9-13H2,1-2H3. The van der Waals surface area contributed by atoms with Crippen LogP contribution < -0.4 is 10.5 Å². The Bertz CT molecular complexity index is 1160. The van der Waals surface area contributed by atoms with Gasteiger partial charge in [0.15, 0.2) is 0 Å². The van der Waals surface area contributed by atoms with Crippen LogP contribution in [0.25, 0.3) is 21.8 Å². The Labute approximate surface area is 163 Å². The molecule has 2 aliphatic rings. The maximum absolute atomic E-state index is 13.1. The molecule has 1 aliphatic heterocycles. The van der Waals surface area contributed by atoms with Crippen molar-refractivity contribution in [2.75, 3.05) is 38.1 Å². The second kappa shape index (κ2) is 6.34. The van der Waals surface area contributed by atoms with Gasteiger partial charge < -0.3 is 9.80 Å². The van der Waals surface area contributed by atoms with Crippen molar-refractivity contribution in [2.45, 2.75) is 18.9 Å². The molecule has 6 nitrogen and oxygen atoms in total. The fourth-order valence-corrected chi connectivity index (χ4v) is 4.25. The van der Waals surface area contributed by atoms with Gasteiger partial charge in [-0.15, -0.1) is 0 Å². The van der Waals surface area contributed by atoms with E-state index in [9.17, 15) is 4.79 Å². The van der Waals surface area contributed by atoms with Crippen LogP contribution >= 0.6 is 0 Å². The summed E-state index contributed by atoms with van der Waals surface area (Å²) in [6, 6.07) is 6.37. The van der Waals surface area contributed by atoms with Gasteiger partial charge in [0.2, 0.25) is 0 Å². The summed E-state index contributed by atoms with van der Waals surface area (Å²) in [6.45, 7) is 6.23. The number of nitrogens with zero attached hydrogens (tertiary/aromatic N) is 4. The Morgan fingerprint density at radius 1 is 1.11 bits per heavy atom. The number of rotatable bonds is 2. The quantitative estimate of drug-likeness (QED) is 0.748. The van der Waals surface area contributed by atoms with Gasteiger partial charge >= 0.3 is 0 Å². The van der Waals surface area contributed by atoms with E-state index in [2.05, 4.69) is 64.2 Å².